The van der Waals surface area contributed by atoms with Gasteiger partial charge in [0.25, 0.3) is 0 Å². The largest absolute Gasteiger partial charge is 0.342 e. The predicted octanol–water partition coefficient (Wildman–Crippen LogP) is 3.58. The Morgan fingerprint density at radius 2 is 2.07 bits per heavy atom. The molecule has 1 amide bonds. The van der Waals surface area contributed by atoms with Crippen molar-refractivity contribution in [2.45, 2.75) is 38.6 Å². The molecule has 0 saturated carbocycles. The molecule has 1 aliphatic rings. The second kappa shape index (κ2) is 8.38. The van der Waals surface area contributed by atoms with E-state index >= 15 is 0 Å². The molecule has 5 nitrogen and oxygen atoms in total. The summed E-state index contributed by atoms with van der Waals surface area (Å²) < 4.78 is 2.17. The number of amides is 1. The minimum atomic E-state index is 0.207. The fraction of sp³-hybridized carbons (Fsp3) is 0.348. The van der Waals surface area contributed by atoms with Gasteiger partial charge in [0, 0.05) is 37.6 Å². The van der Waals surface area contributed by atoms with Crippen LogP contribution in [0.3, 0.4) is 0 Å². The van der Waals surface area contributed by atoms with Gasteiger partial charge >= 0.3 is 0 Å². The molecule has 3 aromatic rings. The van der Waals surface area contributed by atoms with E-state index in [1.807, 2.05) is 53.8 Å². The molecule has 28 heavy (non-hydrogen) atoms. The molecule has 3 heterocycles. The van der Waals surface area contributed by atoms with Crippen LogP contribution in [-0.2, 0) is 17.8 Å². The molecule has 0 radical (unpaired) electrons. The lowest BCUT2D eigenvalue weighted by atomic mass is 9.96. The van der Waals surface area contributed by atoms with Gasteiger partial charge in [-0.2, -0.15) is 0 Å². The summed E-state index contributed by atoms with van der Waals surface area (Å²) in [7, 11) is 0. The van der Waals surface area contributed by atoms with Crippen molar-refractivity contribution in [1.29, 1.82) is 0 Å². The number of aromatic nitrogens is 3. The van der Waals surface area contributed by atoms with Gasteiger partial charge in [-0.3, -0.25) is 9.78 Å². The zero-order chi connectivity index (χ0) is 19.3. The van der Waals surface area contributed by atoms with Gasteiger partial charge in [0.05, 0.1) is 18.7 Å². The van der Waals surface area contributed by atoms with Crippen molar-refractivity contribution in [2.24, 2.45) is 0 Å². The first kappa shape index (κ1) is 18.4. The molecule has 4 rings (SSSR count). The Morgan fingerprint density at radius 1 is 1.14 bits per heavy atom. The Balaban J connectivity index is 1.44. The van der Waals surface area contributed by atoms with E-state index in [4.69, 9.17) is 0 Å². The summed E-state index contributed by atoms with van der Waals surface area (Å²) in [4.78, 5) is 23.9. The van der Waals surface area contributed by atoms with Crippen molar-refractivity contribution in [3.05, 3.63) is 83.7 Å². The van der Waals surface area contributed by atoms with Gasteiger partial charge < -0.3 is 9.47 Å². The van der Waals surface area contributed by atoms with E-state index in [0.29, 0.717) is 13.0 Å². The number of imidazole rings is 1. The second-order valence-electron chi connectivity index (χ2n) is 7.58. The zero-order valence-electron chi connectivity index (χ0n) is 16.3. The fourth-order valence-corrected chi connectivity index (χ4v) is 4.00. The van der Waals surface area contributed by atoms with E-state index < -0.39 is 0 Å². The summed E-state index contributed by atoms with van der Waals surface area (Å²) in [5.74, 6) is 1.53. The first-order chi connectivity index (χ1) is 13.7. The molecular weight excluding hydrogens is 348 g/mol. The number of nitrogens with zero attached hydrogens (tertiary/aromatic N) is 4. The van der Waals surface area contributed by atoms with E-state index in [0.717, 1.165) is 43.0 Å². The van der Waals surface area contributed by atoms with E-state index in [2.05, 4.69) is 33.6 Å². The third kappa shape index (κ3) is 4.30. The van der Waals surface area contributed by atoms with Gasteiger partial charge in [-0.15, -0.1) is 0 Å². The number of aryl methyl sites for hydroxylation is 1. The summed E-state index contributed by atoms with van der Waals surface area (Å²) in [5.41, 5.74) is 3.30. The molecule has 0 spiro atoms. The molecule has 1 aromatic carbocycles. The summed E-state index contributed by atoms with van der Waals surface area (Å²) in [6, 6.07) is 14.2. The highest BCUT2D eigenvalue weighted by Crippen LogP contribution is 2.26. The highest BCUT2D eigenvalue weighted by molar-refractivity contribution is 5.79. The number of hydrogen-bond acceptors (Lipinski definition) is 3. The first-order valence-electron chi connectivity index (χ1n) is 9.93. The van der Waals surface area contributed by atoms with Crippen LogP contribution in [0.25, 0.3) is 0 Å². The Hall–Kier alpha value is -2.95. The third-order valence-corrected chi connectivity index (χ3v) is 5.38. The van der Waals surface area contributed by atoms with Crippen LogP contribution in [0.15, 0.2) is 61.1 Å². The van der Waals surface area contributed by atoms with Crippen molar-refractivity contribution in [2.75, 3.05) is 13.1 Å². The highest BCUT2D eigenvalue weighted by Gasteiger charge is 2.27. The van der Waals surface area contributed by atoms with Gasteiger partial charge in [0.15, 0.2) is 0 Å². The van der Waals surface area contributed by atoms with E-state index in [9.17, 15) is 4.79 Å². The molecule has 2 aromatic heterocycles. The van der Waals surface area contributed by atoms with Gasteiger partial charge in [0.1, 0.15) is 5.82 Å². The lowest BCUT2D eigenvalue weighted by Crippen LogP contribution is -2.40. The van der Waals surface area contributed by atoms with Gasteiger partial charge in [-0.25, -0.2) is 4.98 Å². The van der Waals surface area contributed by atoms with E-state index in [1.54, 1.807) is 0 Å². The average Bonchev–Trinajstić information content (AvgIpc) is 3.17. The van der Waals surface area contributed by atoms with Crippen LogP contribution in [0.4, 0.5) is 0 Å². The number of rotatable bonds is 5. The quantitative estimate of drug-likeness (QED) is 0.686. The molecule has 1 aliphatic heterocycles. The predicted molar refractivity (Wildman–Crippen MR) is 109 cm³/mol. The molecule has 5 heteroatoms. The number of benzene rings is 1. The normalized spacial score (nSPS) is 16.9. The molecule has 144 valence electrons. The number of piperidine rings is 1. The van der Waals surface area contributed by atoms with E-state index in [1.165, 1.54) is 5.56 Å². The smallest absolute Gasteiger partial charge is 0.227 e. The fourth-order valence-electron chi connectivity index (χ4n) is 4.00. The lowest BCUT2D eigenvalue weighted by Gasteiger charge is -2.33. The van der Waals surface area contributed by atoms with Crippen LogP contribution in [0.2, 0.25) is 0 Å². The summed E-state index contributed by atoms with van der Waals surface area (Å²) in [6.07, 6.45) is 8.23. The Bertz CT molecular complexity index is 935. The standard InChI is InChI=1S/C23H26N4O/c1-18-6-4-7-19(14-18)15-22(28)26-12-5-8-20(16-26)23-25-11-13-27(23)17-21-9-2-3-10-24-21/h2-4,6-7,9-11,13-14,20H,5,8,12,15-17H2,1H3/t20-/m0/s1. The Labute approximate surface area is 166 Å². The van der Waals surface area contributed by atoms with Crippen molar-refractivity contribution in [3.8, 4) is 0 Å². The average molecular weight is 374 g/mol. The number of hydrogen-bond donors (Lipinski definition) is 0. The van der Waals surface area contributed by atoms with E-state index in [-0.39, 0.29) is 11.8 Å². The summed E-state index contributed by atoms with van der Waals surface area (Å²) in [6.45, 7) is 4.35. The number of carbonyl (C=O) groups is 1. The maximum absolute atomic E-state index is 12.9. The number of pyridine rings is 1. The molecule has 0 N–H and O–H groups in total. The summed E-state index contributed by atoms with van der Waals surface area (Å²) >= 11 is 0. The number of likely N-dealkylation sites (tertiary alicyclic amines) is 1. The van der Waals surface area contributed by atoms with Crippen LogP contribution in [-0.4, -0.2) is 38.4 Å². The van der Waals surface area contributed by atoms with Gasteiger partial charge in [-0.1, -0.05) is 35.9 Å². The van der Waals surface area contributed by atoms with Crippen molar-refractivity contribution in [3.63, 3.8) is 0 Å². The van der Waals surface area contributed by atoms with Gasteiger partial charge in [0.2, 0.25) is 5.91 Å². The van der Waals surface area contributed by atoms with Crippen LogP contribution >= 0.6 is 0 Å². The Kier molecular flexibility index (Phi) is 5.51. The van der Waals surface area contributed by atoms with Crippen LogP contribution in [0.5, 0.6) is 0 Å². The van der Waals surface area contributed by atoms with Crippen LogP contribution < -0.4 is 0 Å². The molecule has 0 bridgehead atoms. The SMILES string of the molecule is Cc1cccc(CC(=O)N2CCC[C@H](c3nccn3Cc3ccccn3)C2)c1. The molecule has 1 saturated heterocycles. The molecular formula is C23H26N4O. The monoisotopic (exact) mass is 374 g/mol. The molecule has 0 aliphatic carbocycles. The molecule has 1 fully saturated rings. The zero-order valence-corrected chi connectivity index (χ0v) is 16.3. The minimum Gasteiger partial charge on any atom is -0.342 e. The van der Waals surface area contributed by atoms with Gasteiger partial charge in [-0.05, 0) is 37.5 Å². The first-order valence-corrected chi connectivity index (χ1v) is 9.93. The topological polar surface area (TPSA) is 51.0 Å². The maximum Gasteiger partial charge on any atom is 0.227 e. The lowest BCUT2D eigenvalue weighted by molar-refractivity contribution is -0.131. The Morgan fingerprint density at radius 3 is 2.89 bits per heavy atom. The maximum atomic E-state index is 12.9. The molecule has 0 unspecified atom stereocenters. The summed E-state index contributed by atoms with van der Waals surface area (Å²) in [5, 5.41) is 0. The highest BCUT2D eigenvalue weighted by atomic mass is 16.2. The van der Waals surface area contributed by atoms with Crippen LogP contribution in [0.1, 0.15) is 41.4 Å². The minimum absolute atomic E-state index is 0.207. The number of carbonyl (C=O) groups excluding carboxylic acids is 1. The van der Waals surface area contributed by atoms with Crippen molar-refractivity contribution in [1.82, 2.24) is 19.4 Å². The molecule has 1 atom stereocenters. The van der Waals surface area contributed by atoms with Crippen LogP contribution in [0, 0.1) is 6.92 Å². The van der Waals surface area contributed by atoms with Crippen molar-refractivity contribution < 1.29 is 4.79 Å². The van der Waals surface area contributed by atoms with Crippen molar-refractivity contribution >= 4 is 5.91 Å². The second-order valence-corrected chi connectivity index (χ2v) is 7.58. The third-order valence-electron chi connectivity index (χ3n) is 5.38.